The number of nitrogens with one attached hydrogen (secondary N) is 1. The van der Waals surface area contributed by atoms with E-state index in [-0.39, 0.29) is 5.91 Å². The maximum Gasteiger partial charge on any atom is 0.258 e. The zero-order valence-electron chi connectivity index (χ0n) is 9.14. The number of halogens is 1. The van der Waals surface area contributed by atoms with E-state index < -0.39 is 0 Å². The molecule has 3 N–H and O–H groups in total. The van der Waals surface area contributed by atoms with Gasteiger partial charge in [0, 0.05) is 29.5 Å². The highest BCUT2D eigenvalue weighted by molar-refractivity contribution is 9.10. The van der Waals surface area contributed by atoms with Crippen LogP contribution in [0.5, 0.6) is 0 Å². The lowest BCUT2D eigenvalue weighted by Gasteiger charge is -2.05. The zero-order chi connectivity index (χ0) is 12.4. The summed E-state index contributed by atoms with van der Waals surface area (Å²) in [6.45, 7) is 0. The standard InChI is InChI=1S/C11H11BrN4O/c1-16-5-4-10(15-16)14-11(17)8-6-7(13)2-3-9(8)12/h2-6H,13H2,1H3,(H,14,15,17). The van der Waals surface area contributed by atoms with Crippen LogP contribution < -0.4 is 11.1 Å². The predicted molar refractivity (Wildman–Crippen MR) is 69.7 cm³/mol. The first-order valence-electron chi connectivity index (χ1n) is 4.92. The maximum absolute atomic E-state index is 12.0. The van der Waals surface area contributed by atoms with Crippen LogP contribution >= 0.6 is 15.9 Å². The van der Waals surface area contributed by atoms with Gasteiger partial charge in [-0.1, -0.05) is 0 Å². The van der Waals surface area contributed by atoms with Gasteiger partial charge in [0.05, 0.1) is 5.56 Å². The molecule has 0 saturated carbocycles. The van der Waals surface area contributed by atoms with E-state index in [2.05, 4.69) is 26.3 Å². The first kappa shape index (κ1) is 11.7. The molecule has 17 heavy (non-hydrogen) atoms. The number of benzene rings is 1. The summed E-state index contributed by atoms with van der Waals surface area (Å²) < 4.78 is 2.31. The summed E-state index contributed by atoms with van der Waals surface area (Å²) in [7, 11) is 1.78. The average molecular weight is 295 g/mol. The molecule has 1 aromatic heterocycles. The molecule has 88 valence electrons. The normalized spacial score (nSPS) is 10.2. The van der Waals surface area contributed by atoms with Crippen LogP contribution in [0.2, 0.25) is 0 Å². The summed E-state index contributed by atoms with van der Waals surface area (Å²) in [5, 5.41) is 6.76. The second-order valence-electron chi connectivity index (χ2n) is 3.57. The van der Waals surface area contributed by atoms with Crippen molar-refractivity contribution >= 4 is 33.3 Å². The van der Waals surface area contributed by atoms with E-state index >= 15 is 0 Å². The number of hydrogen-bond donors (Lipinski definition) is 2. The van der Waals surface area contributed by atoms with Gasteiger partial charge >= 0.3 is 0 Å². The van der Waals surface area contributed by atoms with Crippen molar-refractivity contribution in [2.45, 2.75) is 0 Å². The summed E-state index contributed by atoms with van der Waals surface area (Å²) in [5.74, 6) is 0.259. The molecular formula is C11H11BrN4O. The molecule has 0 atom stereocenters. The van der Waals surface area contributed by atoms with Gasteiger partial charge in [-0.2, -0.15) is 5.10 Å². The van der Waals surface area contributed by atoms with Gasteiger partial charge in [0.25, 0.3) is 5.91 Å². The maximum atomic E-state index is 12.0. The molecule has 0 aliphatic heterocycles. The number of amides is 1. The second kappa shape index (κ2) is 4.58. The molecule has 0 spiro atoms. The Balaban J connectivity index is 2.22. The number of carbonyl (C=O) groups excluding carboxylic acids is 1. The average Bonchev–Trinajstić information content (AvgIpc) is 2.67. The van der Waals surface area contributed by atoms with Crippen molar-refractivity contribution in [1.29, 1.82) is 0 Å². The number of rotatable bonds is 2. The predicted octanol–water partition coefficient (Wildman–Crippen LogP) is 2.02. The third kappa shape index (κ3) is 2.65. The van der Waals surface area contributed by atoms with E-state index in [1.807, 2.05) is 0 Å². The van der Waals surface area contributed by atoms with Gasteiger partial charge in [0.2, 0.25) is 0 Å². The SMILES string of the molecule is Cn1ccc(NC(=O)c2cc(N)ccc2Br)n1. The van der Waals surface area contributed by atoms with Crippen molar-refractivity contribution in [3.8, 4) is 0 Å². The molecule has 2 aromatic rings. The van der Waals surface area contributed by atoms with Crippen molar-refractivity contribution < 1.29 is 4.79 Å². The second-order valence-corrected chi connectivity index (χ2v) is 4.42. The molecule has 0 radical (unpaired) electrons. The number of hydrogen-bond acceptors (Lipinski definition) is 3. The summed E-state index contributed by atoms with van der Waals surface area (Å²) in [6.07, 6.45) is 1.75. The van der Waals surface area contributed by atoms with Crippen LogP contribution in [0.3, 0.4) is 0 Å². The molecule has 0 fully saturated rings. The number of aryl methyl sites for hydroxylation is 1. The summed E-state index contributed by atoms with van der Waals surface area (Å²) in [4.78, 5) is 12.0. The minimum absolute atomic E-state index is 0.247. The van der Waals surface area contributed by atoms with E-state index in [9.17, 15) is 4.79 Å². The molecule has 0 aliphatic rings. The topological polar surface area (TPSA) is 72.9 Å². The molecule has 0 aliphatic carbocycles. The molecule has 1 amide bonds. The Kier molecular flexibility index (Phi) is 3.14. The third-order valence-electron chi connectivity index (χ3n) is 2.19. The van der Waals surface area contributed by atoms with Crippen molar-refractivity contribution in [2.24, 2.45) is 7.05 Å². The fraction of sp³-hybridized carbons (Fsp3) is 0.0909. The van der Waals surface area contributed by atoms with Gasteiger partial charge in [-0.3, -0.25) is 9.48 Å². The van der Waals surface area contributed by atoms with E-state index in [0.717, 1.165) is 0 Å². The van der Waals surface area contributed by atoms with Crippen LogP contribution in [-0.2, 0) is 7.05 Å². The van der Waals surface area contributed by atoms with Gasteiger partial charge in [0.15, 0.2) is 5.82 Å². The summed E-state index contributed by atoms with van der Waals surface area (Å²) >= 11 is 3.31. The number of anilines is 2. The van der Waals surface area contributed by atoms with Crippen LogP contribution in [0.15, 0.2) is 34.9 Å². The van der Waals surface area contributed by atoms with Crippen LogP contribution in [-0.4, -0.2) is 15.7 Å². The van der Waals surface area contributed by atoms with E-state index in [0.29, 0.717) is 21.5 Å². The molecular weight excluding hydrogens is 284 g/mol. The summed E-state index contributed by atoms with van der Waals surface area (Å²) in [5.41, 5.74) is 6.67. The van der Waals surface area contributed by atoms with Crippen molar-refractivity contribution in [1.82, 2.24) is 9.78 Å². The minimum Gasteiger partial charge on any atom is -0.399 e. The van der Waals surface area contributed by atoms with E-state index in [1.54, 1.807) is 42.2 Å². The van der Waals surface area contributed by atoms with Gasteiger partial charge in [-0.15, -0.1) is 0 Å². The Hall–Kier alpha value is -1.82. The molecule has 2 rings (SSSR count). The Morgan fingerprint density at radius 2 is 2.24 bits per heavy atom. The Morgan fingerprint density at radius 1 is 1.47 bits per heavy atom. The summed E-state index contributed by atoms with van der Waals surface area (Å²) in [6, 6.07) is 6.80. The molecule has 0 saturated heterocycles. The smallest absolute Gasteiger partial charge is 0.258 e. The van der Waals surface area contributed by atoms with Crippen molar-refractivity contribution in [3.05, 3.63) is 40.5 Å². The Labute approximate surface area is 107 Å². The van der Waals surface area contributed by atoms with E-state index in [4.69, 9.17) is 5.73 Å². The van der Waals surface area contributed by atoms with Crippen LogP contribution in [0.25, 0.3) is 0 Å². The lowest BCUT2D eigenvalue weighted by molar-refractivity contribution is 0.102. The van der Waals surface area contributed by atoms with Crippen LogP contribution in [0.1, 0.15) is 10.4 Å². The number of nitrogens with zero attached hydrogens (tertiary/aromatic N) is 2. The first-order chi connectivity index (χ1) is 8.06. The molecule has 1 heterocycles. The molecule has 0 bridgehead atoms. The molecule has 6 heteroatoms. The van der Waals surface area contributed by atoms with Gasteiger partial charge in [-0.05, 0) is 34.1 Å². The Morgan fingerprint density at radius 3 is 2.88 bits per heavy atom. The molecule has 1 aromatic carbocycles. The number of nitrogens with two attached hydrogens (primary N) is 1. The fourth-order valence-corrected chi connectivity index (χ4v) is 1.81. The van der Waals surface area contributed by atoms with E-state index in [1.165, 1.54) is 0 Å². The van der Waals surface area contributed by atoms with Crippen LogP contribution in [0.4, 0.5) is 11.5 Å². The Bertz CT molecular complexity index is 564. The monoisotopic (exact) mass is 294 g/mol. The number of nitrogen functional groups attached to an aromatic ring is 1. The van der Waals surface area contributed by atoms with Crippen molar-refractivity contribution in [3.63, 3.8) is 0 Å². The highest BCUT2D eigenvalue weighted by Crippen LogP contribution is 2.20. The van der Waals surface area contributed by atoms with Crippen molar-refractivity contribution in [2.75, 3.05) is 11.1 Å². The van der Waals surface area contributed by atoms with Gasteiger partial charge < -0.3 is 11.1 Å². The number of aromatic nitrogens is 2. The van der Waals surface area contributed by atoms with Crippen LogP contribution in [0, 0.1) is 0 Å². The lowest BCUT2D eigenvalue weighted by atomic mass is 10.2. The third-order valence-corrected chi connectivity index (χ3v) is 2.88. The molecule has 5 nitrogen and oxygen atoms in total. The highest BCUT2D eigenvalue weighted by Gasteiger charge is 2.11. The number of carbonyl (C=O) groups is 1. The quantitative estimate of drug-likeness (QED) is 0.832. The fourth-order valence-electron chi connectivity index (χ4n) is 1.38. The minimum atomic E-state index is -0.247. The van der Waals surface area contributed by atoms with Gasteiger partial charge in [0.1, 0.15) is 0 Å². The first-order valence-corrected chi connectivity index (χ1v) is 5.71. The van der Waals surface area contributed by atoms with Gasteiger partial charge in [-0.25, -0.2) is 0 Å². The zero-order valence-corrected chi connectivity index (χ0v) is 10.7. The highest BCUT2D eigenvalue weighted by atomic mass is 79.9. The lowest BCUT2D eigenvalue weighted by Crippen LogP contribution is -2.13. The molecule has 0 unspecified atom stereocenters. The largest absolute Gasteiger partial charge is 0.399 e.